The molecule has 2 aromatic carbocycles. The molecule has 1 saturated carbocycles. The Morgan fingerprint density at radius 3 is 2.75 bits per heavy atom. The van der Waals surface area contributed by atoms with Crippen LogP contribution in [-0.2, 0) is 11.3 Å². The van der Waals surface area contributed by atoms with Gasteiger partial charge in [-0.3, -0.25) is 4.79 Å². The lowest BCUT2D eigenvalue weighted by Crippen LogP contribution is -2.28. The van der Waals surface area contributed by atoms with Crippen LogP contribution >= 0.6 is 11.6 Å². The standard InChI is InChI=1S/C28H26BClN2O4/c1-14-10-20(28-21(11-14)26(33)15(2)27(36-28)17-4-5-17)16(3)31-23-8-9-24(30)32-25(23)18-6-7-19-13-35-29(34)22(19)12-18/h6-12,16-17,31,34H,4-5,13H2,1-3H3/t16-/m1/s1. The van der Waals surface area contributed by atoms with Gasteiger partial charge >= 0.3 is 7.12 Å². The third kappa shape index (κ3) is 4.01. The average Bonchev–Trinajstić information content (AvgIpc) is 3.64. The van der Waals surface area contributed by atoms with E-state index in [1.807, 2.05) is 51.1 Å². The summed E-state index contributed by atoms with van der Waals surface area (Å²) in [5, 5.41) is 14.7. The predicted molar refractivity (Wildman–Crippen MR) is 143 cm³/mol. The molecule has 0 saturated heterocycles. The molecule has 1 aliphatic carbocycles. The van der Waals surface area contributed by atoms with Crippen molar-refractivity contribution in [3.63, 3.8) is 0 Å². The van der Waals surface area contributed by atoms with E-state index in [9.17, 15) is 9.82 Å². The Bertz CT molecular complexity index is 1580. The summed E-state index contributed by atoms with van der Waals surface area (Å²) in [4.78, 5) is 17.8. The molecule has 6 nitrogen and oxygen atoms in total. The molecule has 0 unspecified atom stereocenters. The molecule has 1 atom stereocenters. The second kappa shape index (κ2) is 8.77. The first kappa shape index (κ1) is 23.3. The number of aromatic nitrogens is 1. The first-order chi connectivity index (χ1) is 17.3. The van der Waals surface area contributed by atoms with Crippen LogP contribution < -0.4 is 16.2 Å². The van der Waals surface area contributed by atoms with Crippen molar-refractivity contribution in [2.45, 2.75) is 52.2 Å². The number of rotatable bonds is 5. The summed E-state index contributed by atoms with van der Waals surface area (Å²) >= 11 is 6.29. The van der Waals surface area contributed by atoms with Crippen molar-refractivity contribution >= 4 is 40.8 Å². The number of pyridine rings is 1. The zero-order valence-electron chi connectivity index (χ0n) is 20.4. The number of fused-ring (bicyclic) bond motifs is 2. The summed E-state index contributed by atoms with van der Waals surface area (Å²) in [5.41, 5.74) is 7.29. The van der Waals surface area contributed by atoms with Crippen LogP contribution in [-0.4, -0.2) is 17.1 Å². The van der Waals surface area contributed by atoms with Gasteiger partial charge in [0.1, 0.15) is 16.5 Å². The van der Waals surface area contributed by atoms with Gasteiger partial charge in [0, 0.05) is 22.6 Å². The van der Waals surface area contributed by atoms with Crippen molar-refractivity contribution < 1.29 is 14.1 Å². The largest absolute Gasteiger partial charge is 0.491 e. The number of aryl methyl sites for hydroxylation is 1. The van der Waals surface area contributed by atoms with Gasteiger partial charge in [0.2, 0.25) is 0 Å². The third-order valence-electron chi connectivity index (χ3n) is 7.16. The van der Waals surface area contributed by atoms with Crippen LogP contribution in [0.3, 0.4) is 0 Å². The van der Waals surface area contributed by atoms with E-state index in [2.05, 4.69) is 16.4 Å². The lowest BCUT2D eigenvalue weighted by atomic mass is 9.78. The van der Waals surface area contributed by atoms with Crippen molar-refractivity contribution in [2.75, 3.05) is 5.32 Å². The Balaban J connectivity index is 1.43. The number of hydrogen-bond acceptors (Lipinski definition) is 6. The molecule has 1 aliphatic heterocycles. The van der Waals surface area contributed by atoms with Gasteiger partial charge < -0.3 is 19.4 Å². The summed E-state index contributed by atoms with van der Waals surface area (Å²) in [6.07, 6.45) is 2.12. The molecule has 2 N–H and O–H groups in total. The number of anilines is 1. The zero-order chi connectivity index (χ0) is 25.1. The van der Waals surface area contributed by atoms with Crippen LogP contribution in [0.4, 0.5) is 5.69 Å². The van der Waals surface area contributed by atoms with E-state index >= 15 is 0 Å². The van der Waals surface area contributed by atoms with Crippen LogP contribution in [0.15, 0.2) is 51.7 Å². The summed E-state index contributed by atoms with van der Waals surface area (Å²) in [6.45, 7) is 6.29. The van der Waals surface area contributed by atoms with Crippen LogP contribution in [0, 0.1) is 13.8 Å². The number of nitrogens with zero attached hydrogens (tertiary/aromatic N) is 1. The maximum atomic E-state index is 13.2. The number of halogens is 1. The molecular weight excluding hydrogens is 475 g/mol. The van der Waals surface area contributed by atoms with Gasteiger partial charge in [-0.15, -0.1) is 0 Å². The van der Waals surface area contributed by atoms with Gasteiger partial charge in [0.05, 0.1) is 29.4 Å². The molecule has 4 aromatic rings. The van der Waals surface area contributed by atoms with Gasteiger partial charge in [0.25, 0.3) is 0 Å². The predicted octanol–water partition coefficient (Wildman–Crippen LogP) is 5.39. The van der Waals surface area contributed by atoms with E-state index in [0.29, 0.717) is 39.9 Å². The van der Waals surface area contributed by atoms with Gasteiger partial charge in [-0.2, -0.15) is 0 Å². The fraction of sp³-hybridized carbons (Fsp3) is 0.286. The molecule has 0 bridgehead atoms. The Hall–Kier alpha value is -3.13. The highest BCUT2D eigenvalue weighted by Gasteiger charge is 2.31. The van der Waals surface area contributed by atoms with Gasteiger partial charge in [-0.25, -0.2) is 4.98 Å². The van der Waals surface area contributed by atoms with Gasteiger partial charge in [-0.1, -0.05) is 35.9 Å². The van der Waals surface area contributed by atoms with Crippen LogP contribution in [0.5, 0.6) is 0 Å². The molecule has 0 amide bonds. The number of hydrogen-bond donors (Lipinski definition) is 2. The SMILES string of the molecule is Cc1cc([C@@H](C)Nc2ccc(Cl)nc2-c2ccc3c(c2)B(O)OC3)c2oc(C3CC3)c(C)c(=O)c2c1. The molecule has 36 heavy (non-hydrogen) atoms. The van der Waals surface area contributed by atoms with Crippen molar-refractivity contribution in [1.29, 1.82) is 0 Å². The minimum Gasteiger partial charge on any atom is -0.460 e. The molecule has 182 valence electrons. The van der Waals surface area contributed by atoms with Gasteiger partial charge in [-0.05, 0) is 68.4 Å². The van der Waals surface area contributed by atoms with Crippen molar-refractivity contribution in [2.24, 2.45) is 0 Å². The molecule has 2 aliphatic rings. The summed E-state index contributed by atoms with van der Waals surface area (Å²) in [7, 11) is -0.944. The molecule has 0 radical (unpaired) electrons. The van der Waals surface area contributed by atoms with Crippen molar-refractivity contribution in [3.05, 3.63) is 85.9 Å². The quantitative estimate of drug-likeness (QED) is 0.282. The maximum absolute atomic E-state index is 13.2. The maximum Gasteiger partial charge on any atom is 0.491 e. The summed E-state index contributed by atoms with van der Waals surface area (Å²) in [6, 6.07) is 13.2. The molecule has 3 heterocycles. The molecule has 2 aromatic heterocycles. The van der Waals surface area contributed by atoms with E-state index < -0.39 is 7.12 Å². The fourth-order valence-electron chi connectivity index (χ4n) is 5.09. The number of nitrogens with one attached hydrogen (secondary N) is 1. The van der Waals surface area contributed by atoms with Crippen LogP contribution in [0.25, 0.3) is 22.2 Å². The fourth-order valence-corrected chi connectivity index (χ4v) is 5.23. The molecule has 1 fully saturated rings. The lowest BCUT2D eigenvalue weighted by molar-refractivity contribution is 0.275. The smallest absolute Gasteiger partial charge is 0.460 e. The van der Waals surface area contributed by atoms with E-state index in [-0.39, 0.29) is 11.5 Å². The van der Waals surface area contributed by atoms with E-state index in [0.717, 1.165) is 52.0 Å². The minimum atomic E-state index is -0.944. The molecule has 0 spiro atoms. The van der Waals surface area contributed by atoms with Gasteiger partial charge in [0.15, 0.2) is 5.43 Å². The second-order valence-corrected chi connectivity index (χ2v) is 10.3. The highest BCUT2D eigenvalue weighted by Crippen LogP contribution is 2.42. The normalized spacial score (nSPS) is 15.9. The first-order valence-electron chi connectivity index (χ1n) is 12.2. The highest BCUT2D eigenvalue weighted by atomic mass is 35.5. The third-order valence-corrected chi connectivity index (χ3v) is 7.37. The van der Waals surface area contributed by atoms with Crippen molar-refractivity contribution in [3.8, 4) is 11.3 Å². The Kier molecular flexibility index (Phi) is 5.67. The monoisotopic (exact) mass is 500 g/mol. The summed E-state index contributed by atoms with van der Waals surface area (Å²) in [5.74, 6) is 1.16. The Morgan fingerprint density at radius 2 is 1.97 bits per heavy atom. The Labute approximate surface area is 214 Å². The first-order valence-corrected chi connectivity index (χ1v) is 12.6. The topological polar surface area (TPSA) is 84.6 Å². The van der Waals surface area contributed by atoms with Crippen LogP contribution in [0.1, 0.15) is 59.7 Å². The van der Waals surface area contributed by atoms with E-state index in [1.165, 1.54) is 0 Å². The lowest BCUT2D eigenvalue weighted by Gasteiger charge is -2.20. The van der Waals surface area contributed by atoms with E-state index in [4.69, 9.17) is 20.7 Å². The second-order valence-electron chi connectivity index (χ2n) is 9.90. The Morgan fingerprint density at radius 1 is 1.17 bits per heavy atom. The van der Waals surface area contributed by atoms with Crippen molar-refractivity contribution in [1.82, 2.24) is 4.98 Å². The summed E-state index contributed by atoms with van der Waals surface area (Å²) < 4.78 is 11.8. The zero-order valence-corrected chi connectivity index (χ0v) is 21.1. The average molecular weight is 501 g/mol. The van der Waals surface area contributed by atoms with Crippen LogP contribution in [0.2, 0.25) is 5.15 Å². The van der Waals surface area contributed by atoms with E-state index in [1.54, 1.807) is 6.07 Å². The highest BCUT2D eigenvalue weighted by molar-refractivity contribution is 6.61. The molecular formula is C28H26BClN2O4. The number of benzene rings is 2. The molecule has 8 heteroatoms. The minimum absolute atomic E-state index is 0.0445. The molecule has 6 rings (SSSR count).